The number of aromatic nitrogens is 1. The molecule has 2 aromatic carbocycles. The van der Waals surface area contributed by atoms with E-state index < -0.39 is 5.91 Å². The summed E-state index contributed by atoms with van der Waals surface area (Å²) in [5.74, 6) is 5.86. The van der Waals surface area contributed by atoms with Gasteiger partial charge in [0.05, 0.1) is 0 Å². The smallest absolute Gasteiger partial charge is 0.266 e. The molecule has 3 rings (SSSR count). The van der Waals surface area contributed by atoms with Gasteiger partial charge in [-0.1, -0.05) is 53.5 Å². The fourth-order valence-electron chi connectivity index (χ4n) is 2.07. The number of nitrogens with zero attached hydrogens (tertiary/aromatic N) is 2. The van der Waals surface area contributed by atoms with E-state index in [1.165, 1.54) is 17.4 Å². The lowest BCUT2D eigenvalue weighted by Gasteiger charge is -2.10. The van der Waals surface area contributed by atoms with E-state index in [0.717, 1.165) is 21.1 Å². The molecule has 0 radical (unpaired) electrons. The third-order valence-electron chi connectivity index (χ3n) is 3.38. The van der Waals surface area contributed by atoms with Crippen LogP contribution in [0.1, 0.15) is 5.56 Å². The first-order chi connectivity index (χ1) is 12.0. The van der Waals surface area contributed by atoms with Crippen LogP contribution in [0.25, 0.3) is 16.6 Å². The molecule has 1 aromatic heterocycles. The van der Waals surface area contributed by atoms with E-state index in [1.807, 2.05) is 30.3 Å². The number of carbonyl (C=O) groups is 1. The molecule has 1 amide bonds. The minimum atomic E-state index is -0.395. The first-order valence-electron chi connectivity index (χ1n) is 7.27. The SMILES string of the molecule is NN(C(=O)C=Cc1ccccc1Cl)c1csc(-c2ccc(Cl)cc2)n1. The molecular formula is C18H13Cl2N3OS. The number of thiazole rings is 1. The number of anilines is 1. The Balaban J connectivity index is 1.74. The Morgan fingerprint density at radius 3 is 2.56 bits per heavy atom. The predicted molar refractivity (Wildman–Crippen MR) is 105 cm³/mol. The largest absolute Gasteiger partial charge is 0.268 e. The zero-order valence-electron chi connectivity index (χ0n) is 12.9. The monoisotopic (exact) mass is 389 g/mol. The molecule has 0 aliphatic heterocycles. The number of carbonyl (C=O) groups excluding carboxylic acids is 1. The zero-order chi connectivity index (χ0) is 17.8. The van der Waals surface area contributed by atoms with Gasteiger partial charge in [-0.15, -0.1) is 11.3 Å². The van der Waals surface area contributed by atoms with E-state index in [-0.39, 0.29) is 0 Å². The molecular weight excluding hydrogens is 377 g/mol. The van der Waals surface area contributed by atoms with E-state index >= 15 is 0 Å². The molecule has 0 fully saturated rings. The van der Waals surface area contributed by atoms with Gasteiger partial charge in [0.15, 0.2) is 5.82 Å². The zero-order valence-corrected chi connectivity index (χ0v) is 15.2. The van der Waals surface area contributed by atoms with Crippen molar-refractivity contribution in [1.82, 2.24) is 4.98 Å². The number of amides is 1. The van der Waals surface area contributed by atoms with Crippen molar-refractivity contribution in [2.24, 2.45) is 5.84 Å². The number of halogens is 2. The molecule has 126 valence electrons. The van der Waals surface area contributed by atoms with Crippen molar-refractivity contribution in [3.63, 3.8) is 0 Å². The lowest BCUT2D eigenvalue weighted by Crippen LogP contribution is -2.36. The maximum absolute atomic E-state index is 12.2. The molecule has 3 aromatic rings. The standard InChI is InChI=1S/C18H13Cl2N3OS/c19-14-8-5-13(6-9-14)18-22-16(11-25-18)23(21)17(24)10-7-12-3-1-2-4-15(12)20/h1-11H,21H2. The van der Waals surface area contributed by atoms with Crippen molar-refractivity contribution in [2.75, 3.05) is 5.01 Å². The van der Waals surface area contributed by atoms with Crippen molar-refractivity contribution < 1.29 is 4.79 Å². The van der Waals surface area contributed by atoms with Crippen molar-refractivity contribution in [3.8, 4) is 10.6 Å². The third kappa shape index (κ3) is 4.27. The average molecular weight is 390 g/mol. The van der Waals surface area contributed by atoms with Crippen LogP contribution in [-0.4, -0.2) is 10.9 Å². The van der Waals surface area contributed by atoms with E-state index in [9.17, 15) is 4.79 Å². The lowest BCUT2D eigenvalue weighted by molar-refractivity contribution is -0.114. The summed E-state index contributed by atoms with van der Waals surface area (Å²) in [4.78, 5) is 16.6. The summed E-state index contributed by atoms with van der Waals surface area (Å²) >= 11 is 13.3. The third-order valence-corrected chi connectivity index (χ3v) is 4.85. The molecule has 0 saturated carbocycles. The summed E-state index contributed by atoms with van der Waals surface area (Å²) in [5.41, 5.74) is 1.65. The minimum Gasteiger partial charge on any atom is -0.268 e. The summed E-state index contributed by atoms with van der Waals surface area (Å²) in [6, 6.07) is 14.5. The van der Waals surface area contributed by atoms with Crippen LogP contribution in [0.3, 0.4) is 0 Å². The predicted octanol–water partition coefficient (Wildman–Crippen LogP) is 5.04. The van der Waals surface area contributed by atoms with Crippen LogP contribution in [0.15, 0.2) is 60.0 Å². The molecule has 0 saturated heterocycles. The highest BCUT2D eigenvalue weighted by Gasteiger charge is 2.13. The van der Waals surface area contributed by atoms with Gasteiger partial charge in [-0.25, -0.2) is 15.8 Å². The highest BCUT2D eigenvalue weighted by atomic mass is 35.5. The van der Waals surface area contributed by atoms with Crippen LogP contribution >= 0.6 is 34.5 Å². The number of nitrogens with two attached hydrogens (primary N) is 1. The molecule has 7 heteroatoms. The summed E-state index contributed by atoms with van der Waals surface area (Å²) in [7, 11) is 0. The van der Waals surface area contributed by atoms with E-state index in [4.69, 9.17) is 29.0 Å². The van der Waals surface area contributed by atoms with Gasteiger partial charge in [-0.3, -0.25) is 4.79 Å². The molecule has 0 bridgehead atoms. The number of rotatable bonds is 4. The van der Waals surface area contributed by atoms with Crippen LogP contribution in [0.2, 0.25) is 10.0 Å². The van der Waals surface area contributed by atoms with Crippen LogP contribution in [0.5, 0.6) is 0 Å². The minimum absolute atomic E-state index is 0.378. The van der Waals surface area contributed by atoms with Crippen LogP contribution in [0, 0.1) is 0 Å². The Labute approximate surface area is 159 Å². The molecule has 0 aliphatic rings. The average Bonchev–Trinajstić information content (AvgIpc) is 3.11. The summed E-state index contributed by atoms with van der Waals surface area (Å²) in [5, 5.41) is 4.70. The van der Waals surface area contributed by atoms with Gasteiger partial charge in [0.25, 0.3) is 5.91 Å². The normalized spacial score (nSPS) is 11.0. The van der Waals surface area contributed by atoms with E-state index in [2.05, 4.69) is 4.98 Å². The number of hydrogen-bond acceptors (Lipinski definition) is 4. The molecule has 0 aliphatic carbocycles. The first-order valence-corrected chi connectivity index (χ1v) is 8.91. The second-order valence-electron chi connectivity index (χ2n) is 5.08. The molecule has 4 nitrogen and oxygen atoms in total. The Kier molecular flexibility index (Phi) is 5.50. The second kappa shape index (κ2) is 7.80. The molecule has 1 heterocycles. The van der Waals surface area contributed by atoms with Gasteiger partial charge in [-0.2, -0.15) is 0 Å². The topological polar surface area (TPSA) is 59.2 Å². The number of benzene rings is 2. The highest BCUT2D eigenvalue weighted by molar-refractivity contribution is 7.13. The van der Waals surface area contributed by atoms with Gasteiger partial charge in [0.2, 0.25) is 0 Å². The van der Waals surface area contributed by atoms with Gasteiger partial charge < -0.3 is 0 Å². The molecule has 0 spiro atoms. The Bertz CT molecular complexity index is 922. The van der Waals surface area contributed by atoms with Crippen LogP contribution in [0.4, 0.5) is 5.82 Å². The fraction of sp³-hybridized carbons (Fsp3) is 0. The lowest BCUT2D eigenvalue weighted by atomic mass is 10.2. The van der Waals surface area contributed by atoms with Crippen molar-refractivity contribution in [1.29, 1.82) is 0 Å². The van der Waals surface area contributed by atoms with Gasteiger partial charge >= 0.3 is 0 Å². The van der Waals surface area contributed by atoms with Gasteiger partial charge in [-0.05, 0) is 29.8 Å². The van der Waals surface area contributed by atoms with Crippen molar-refractivity contribution >= 4 is 52.3 Å². The quantitative estimate of drug-likeness (QED) is 0.294. The van der Waals surface area contributed by atoms with Crippen LogP contribution < -0.4 is 10.9 Å². The van der Waals surface area contributed by atoms with Gasteiger partial charge in [0, 0.05) is 27.1 Å². The van der Waals surface area contributed by atoms with E-state index in [1.54, 1.807) is 29.7 Å². The maximum Gasteiger partial charge on any atom is 0.266 e. The first kappa shape index (κ1) is 17.6. The molecule has 0 unspecified atom stereocenters. The summed E-state index contributed by atoms with van der Waals surface area (Å²) in [6.07, 6.45) is 2.99. The number of hydrogen-bond donors (Lipinski definition) is 1. The molecule has 0 atom stereocenters. The molecule has 2 N–H and O–H groups in total. The van der Waals surface area contributed by atoms with Crippen molar-refractivity contribution in [3.05, 3.63) is 75.6 Å². The molecule has 25 heavy (non-hydrogen) atoms. The van der Waals surface area contributed by atoms with Gasteiger partial charge in [0.1, 0.15) is 5.01 Å². The van der Waals surface area contributed by atoms with Crippen LogP contribution in [-0.2, 0) is 4.79 Å². The summed E-state index contributed by atoms with van der Waals surface area (Å²) in [6.45, 7) is 0. The fourth-order valence-corrected chi connectivity index (χ4v) is 3.19. The number of hydrazine groups is 1. The summed E-state index contributed by atoms with van der Waals surface area (Å²) < 4.78 is 0. The Morgan fingerprint density at radius 1 is 1.12 bits per heavy atom. The van der Waals surface area contributed by atoms with Crippen molar-refractivity contribution in [2.45, 2.75) is 0 Å². The van der Waals surface area contributed by atoms with E-state index in [0.29, 0.717) is 15.9 Å². The Morgan fingerprint density at radius 2 is 1.84 bits per heavy atom. The Hall–Kier alpha value is -2.18. The highest BCUT2D eigenvalue weighted by Crippen LogP contribution is 2.28. The maximum atomic E-state index is 12.2. The second-order valence-corrected chi connectivity index (χ2v) is 6.78.